The highest BCUT2D eigenvalue weighted by atomic mass is 16.6. The van der Waals surface area contributed by atoms with Gasteiger partial charge in [0.25, 0.3) is 5.91 Å². The first-order chi connectivity index (χ1) is 15.9. The fourth-order valence-corrected chi connectivity index (χ4v) is 2.88. The fourth-order valence-electron chi connectivity index (χ4n) is 2.88. The molecule has 0 radical (unpaired) electrons. The summed E-state index contributed by atoms with van der Waals surface area (Å²) in [6.07, 6.45) is 2.96. The first kappa shape index (κ1) is 23.4. The second kappa shape index (κ2) is 11.3. The van der Waals surface area contributed by atoms with Crippen LogP contribution < -0.4 is 14.8 Å². The Morgan fingerprint density at radius 3 is 2.36 bits per heavy atom. The van der Waals surface area contributed by atoms with E-state index in [2.05, 4.69) is 19.2 Å². The molecule has 3 aromatic rings. The second-order valence-corrected chi connectivity index (χ2v) is 7.49. The van der Waals surface area contributed by atoms with Gasteiger partial charge in [-0.25, -0.2) is 4.79 Å². The van der Waals surface area contributed by atoms with Crippen molar-refractivity contribution < 1.29 is 23.5 Å². The number of benzene rings is 2. The van der Waals surface area contributed by atoms with Crippen molar-refractivity contribution >= 4 is 18.0 Å². The monoisotopic (exact) mass is 444 g/mol. The molecule has 1 aromatic heterocycles. The molecule has 3 rings (SSSR count). The molecule has 7 heteroatoms. The Bertz CT molecular complexity index is 1140. The lowest BCUT2D eigenvalue weighted by Gasteiger charge is -2.09. The third kappa shape index (κ3) is 7.11. The van der Waals surface area contributed by atoms with Crippen molar-refractivity contribution in [3.05, 3.63) is 89.4 Å². The normalized spacial score (nSPS) is 11.0. The summed E-state index contributed by atoms with van der Waals surface area (Å²) in [5.74, 6) is 0.873. The average molecular weight is 444 g/mol. The molecule has 0 bridgehead atoms. The van der Waals surface area contributed by atoms with Gasteiger partial charge in [-0.1, -0.05) is 38.1 Å². The molecular formula is C26H24N2O5. The van der Waals surface area contributed by atoms with Gasteiger partial charge in [-0.05, 0) is 59.5 Å². The minimum Gasteiger partial charge on any atom is -0.482 e. The number of carbonyl (C=O) groups excluding carboxylic acids is 2. The minimum atomic E-state index is -0.541. The van der Waals surface area contributed by atoms with Crippen molar-refractivity contribution in [2.45, 2.75) is 26.3 Å². The van der Waals surface area contributed by atoms with Gasteiger partial charge in [-0.3, -0.25) is 4.79 Å². The number of nitrogens with zero attached hydrogens (tertiary/aromatic N) is 1. The molecule has 168 valence electrons. The molecule has 0 saturated heterocycles. The van der Waals surface area contributed by atoms with Crippen molar-refractivity contribution in [1.29, 1.82) is 5.26 Å². The molecule has 1 amide bonds. The summed E-state index contributed by atoms with van der Waals surface area (Å²) in [6.45, 7) is 4.17. The van der Waals surface area contributed by atoms with Gasteiger partial charge in [0, 0.05) is 0 Å². The Morgan fingerprint density at radius 2 is 1.76 bits per heavy atom. The molecular weight excluding hydrogens is 420 g/mol. The Hall–Kier alpha value is -4.31. The van der Waals surface area contributed by atoms with Crippen molar-refractivity contribution in [3.8, 4) is 17.6 Å². The van der Waals surface area contributed by atoms with Crippen molar-refractivity contribution in [2.24, 2.45) is 0 Å². The molecule has 0 unspecified atom stereocenters. The van der Waals surface area contributed by atoms with Gasteiger partial charge >= 0.3 is 5.97 Å². The molecule has 0 aliphatic carbocycles. The summed E-state index contributed by atoms with van der Waals surface area (Å²) in [5, 5.41) is 11.9. The van der Waals surface area contributed by atoms with E-state index in [9.17, 15) is 14.9 Å². The zero-order valence-corrected chi connectivity index (χ0v) is 18.4. The summed E-state index contributed by atoms with van der Waals surface area (Å²) >= 11 is 0. The van der Waals surface area contributed by atoms with E-state index in [0.29, 0.717) is 28.7 Å². The zero-order chi connectivity index (χ0) is 23.6. The standard InChI is InChI=1S/C26H24N2O5/c1-18(2)20-7-11-22(12-8-20)32-17-25(29)33-23-9-5-19(6-10-23)14-21(15-27)26(30)28-16-24-4-3-13-31-24/h3-14,18H,16-17H2,1-2H3,(H,28,30)/b21-14+. The molecule has 0 spiro atoms. The number of hydrogen-bond acceptors (Lipinski definition) is 6. The van der Waals surface area contributed by atoms with E-state index in [1.807, 2.05) is 30.3 Å². The smallest absolute Gasteiger partial charge is 0.349 e. The van der Waals surface area contributed by atoms with E-state index >= 15 is 0 Å². The quantitative estimate of drug-likeness (QED) is 0.224. The van der Waals surface area contributed by atoms with E-state index in [1.54, 1.807) is 36.4 Å². The molecule has 1 heterocycles. The molecule has 7 nitrogen and oxygen atoms in total. The topological polar surface area (TPSA) is 102 Å². The molecule has 0 fully saturated rings. The van der Waals surface area contributed by atoms with Crippen molar-refractivity contribution in [2.75, 3.05) is 6.61 Å². The summed E-state index contributed by atoms with van der Waals surface area (Å²) in [6, 6.07) is 19.3. The molecule has 33 heavy (non-hydrogen) atoms. The number of rotatable bonds is 9. The van der Waals surface area contributed by atoms with E-state index in [-0.39, 0.29) is 18.7 Å². The van der Waals surface area contributed by atoms with Crippen LogP contribution in [0.1, 0.15) is 36.7 Å². The molecule has 2 aromatic carbocycles. The highest BCUT2D eigenvalue weighted by Gasteiger charge is 2.10. The van der Waals surface area contributed by atoms with Crippen LogP contribution in [-0.4, -0.2) is 18.5 Å². The number of nitriles is 1. The third-order valence-corrected chi connectivity index (χ3v) is 4.69. The molecule has 0 saturated carbocycles. The van der Waals surface area contributed by atoms with Crippen LogP contribution in [0.15, 0.2) is 76.9 Å². The van der Waals surface area contributed by atoms with E-state index in [0.717, 1.165) is 0 Å². The number of amides is 1. The number of ether oxygens (including phenoxy) is 2. The number of nitrogens with one attached hydrogen (secondary N) is 1. The molecule has 0 atom stereocenters. The second-order valence-electron chi connectivity index (χ2n) is 7.49. The van der Waals surface area contributed by atoms with Gasteiger partial charge in [0.15, 0.2) is 6.61 Å². The fraction of sp³-hybridized carbons (Fsp3) is 0.192. The minimum absolute atomic E-state index is 0.0526. The van der Waals surface area contributed by atoms with E-state index < -0.39 is 11.9 Å². The van der Waals surface area contributed by atoms with Crippen LogP contribution >= 0.6 is 0 Å². The highest BCUT2D eigenvalue weighted by molar-refractivity contribution is 6.01. The van der Waals surface area contributed by atoms with Crippen LogP contribution in [-0.2, 0) is 16.1 Å². The van der Waals surface area contributed by atoms with Crippen molar-refractivity contribution in [3.63, 3.8) is 0 Å². The van der Waals surface area contributed by atoms with Crippen LogP contribution in [0.3, 0.4) is 0 Å². The van der Waals surface area contributed by atoms with Crippen LogP contribution in [0.25, 0.3) is 6.08 Å². The first-order valence-electron chi connectivity index (χ1n) is 10.4. The largest absolute Gasteiger partial charge is 0.482 e. The lowest BCUT2D eigenvalue weighted by molar-refractivity contribution is -0.136. The van der Waals surface area contributed by atoms with Gasteiger partial charge < -0.3 is 19.2 Å². The number of carbonyl (C=O) groups is 2. The van der Waals surface area contributed by atoms with Gasteiger partial charge in [-0.2, -0.15) is 5.26 Å². The highest BCUT2D eigenvalue weighted by Crippen LogP contribution is 2.19. The van der Waals surface area contributed by atoms with Gasteiger partial charge in [0.2, 0.25) is 0 Å². The Morgan fingerprint density at radius 1 is 1.06 bits per heavy atom. The van der Waals surface area contributed by atoms with Crippen LogP contribution in [0.4, 0.5) is 0 Å². The SMILES string of the molecule is CC(C)c1ccc(OCC(=O)Oc2ccc(/C=C(\C#N)C(=O)NCc3ccco3)cc2)cc1. The molecule has 0 aliphatic heterocycles. The third-order valence-electron chi connectivity index (χ3n) is 4.69. The number of furan rings is 1. The Labute approximate surface area is 192 Å². The summed E-state index contributed by atoms with van der Waals surface area (Å²) < 4.78 is 15.9. The summed E-state index contributed by atoms with van der Waals surface area (Å²) in [4.78, 5) is 24.3. The Balaban J connectivity index is 1.51. The van der Waals surface area contributed by atoms with Gasteiger partial charge in [0.05, 0.1) is 12.8 Å². The van der Waals surface area contributed by atoms with Gasteiger partial charge in [-0.15, -0.1) is 0 Å². The van der Waals surface area contributed by atoms with Crippen LogP contribution in [0, 0.1) is 11.3 Å². The predicted molar refractivity (Wildman–Crippen MR) is 122 cm³/mol. The zero-order valence-electron chi connectivity index (χ0n) is 18.4. The molecule has 0 aliphatic rings. The van der Waals surface area contributed by atoms with E-state index in [1.165, 1.54) is 17.9 Å². The van der Waals surface area contributed by atoms with Crippen molar-refractivity contribution in [1.82, 2.24) is 5.32 Å². The summed E-state index contributed by atoms with van der Waals surface area (Å²) in [7, 11) is 0. The predicted octanol–water partition coefficient (Wildman–Crippen LogP) is 4.61. The van der Waals surface area contributed by atoms with E-state index in [4.69, 9.17) is 13.9 Å². The summed E-state index contributed by atoms with van der Waals surface area (Å²) in [5.41, 5.74) is 1.75. The average Bonchev–Trinajstić information content (AvgIpc) is 3.35. The lowest BCUT2D eigenvalue weighted by atomic mass is 10.0. The number of hydrogen-bond donors (Lipinski definition) is 1. The maximum atomic E-state index is 12.2. The first-order valence-corrected chi connectivity index (χ1v) is 10.4. The maximum Gasteiger partial charge on any atom is 0.349 e. The van der Waals surface area contributed by atoms with Crippen LogP contribution in [0.5, 0.6) is 11.5 Å². The lowest BCUT2D eigenvalue weighted by Crippen LogP contribution is -2.23. The maximum absolute atomic E-state index is 12.2. The number of esters is 1. The van der Waals surface area contributed by atoms with Crippen LogP contribution in [0.2, 0.25) is 0 Å². The van der Waals surface area contributed by atoms with Gasteiger partial charge in [0.1, 0.15) is 28.9 Å². The Kier molecular flexibility index (Phi) is 8.03. The molecule has 1 N–H and O–H groups in total.